The summed E-state index contributed by atoms with van der Waals surface area (Å²) >= 11 is 2.08. The number of thioether (sulfide) groups is 1. The SMILES string of the molecule is CC(C)Cn1ncnc1CNCC1CCSCC1. The Labute approximate surface area is 114 Å². The Morgan fingerprint density at radius 3 is 2.94 bits per heavy atom. The van der Waals surface area contributed by atoms with Gasteiger partial charge in [0.2, 0.25) is 0 Å². The third-order valence-electron chi connectivity index (χ3n) is 3.29. The van der Waals surface area contributed by atoms with Gasteiger partial charge in [0.25, 0.3) is 0 Å². The van der Waals surface area contributed by atoms with Crippen LogP contribution in [0.3, 0.4) is 0 Å². The van der Waals surface area contributed by atoms with Crippen LogP contribution in [-0.4, -0.2) is 32.8 Å². The molecular formula is C13H24N4S. The van der Waals surface area contributed by atoms with E-state index in [1.54, 1.807) is 6.33 Å². The van der Waals surface area contributed by atoms with E-state index in [-0.39, 0.29) is 0 Å². The van der Waals surface area contributed by atoms with Crippen molar-refractivity contribution in [2.75, 3.05) is 18.1 Å². The highest BCUT2D eigenvalue weighted by Gasteiger charge is 2.13. The predicted octanol–water partition coefficient (Wildman–Crippen LogP) is 2.17. The van der Waals surface area contributed by atoms with Crippen molar-refractivity contribution in [3.8, 4) is 0 Å². The molecular weight excluding hydrogens is 244 g/mol. The van der Waals surface area contributed by atoms with E-state index >= 15 is 0 Å². The second-order valence-electron chi connectivity index (χ2n) is 5.44. The molecule has 4 nitrogen and oxygen atoms in total. The first-order valence-electron chi connectivity index (χ1n) is 6.91. The monoisotopic (exact) mass is 268 g/mol. The average molecular weight is 268 g/mol. The summed E-state index contributed by atoms with van der Waals surface area (Å²) in [5, 5.41) is 7.82. The Balaban J connectivity index is 1.74. The van der Waals surface area contributed by atoms with Crippen LogP contribution in [0.1, 0.15) is 32.5 Å². The minimum Gasteiger partial charge on any atom is -0.310 e. The number of hydrogen-bond acceptors (Lipinski definition) is 4. The maximum Gasteiger partial charge on any atom is 0.140 e. The van der Waals surface area contributed by atoms with Crippen LogP contribution in [0.4, 0.5) is 0 Å². The Morgan fingerprint density at radius 1 is 1.44 bits per heavy atom. The van der Waals surface area contributed by atoms with Gasteiger partial charge in [-0.05, 0) is 42.7 Å². The molecule has 1 fully saturated rings. The highest BCUT2D eigenvalue weighted by molar-refractivity contribution is 7.99. The van der Waals surface area contributed by atoms with Gasteiger partial charge in [0.1, 0.15) is 12.2 Å². The fourth-order valence-corrected chi connectivity index (χ4v) is 3.47. The molecule has 0 atom stereocenters. The summed E-state index contributed by atoms with van der Waals surface area (Å²) in [6.45, 7) is 7.33. The largest absolute Gasteiger partial charge is 0.310 e. The van der Waals surface area contributed by atoms with Gasteiger partial charge in [-0.3, -0.25) is 0 Å². The standard InChI is InChI=1S/C13H24N4S/c1-11(2)9-17-13(15-10-16-17)8-14-7-12-3-5-18-6-4-12/h10-12,14H,3-9H2,1-2H3. The van der Waals surface area contributed by atoms with E-state index in [0.29, 0.717) is 5.92 Å². The summed E-state index contributed by atoms with van der Waals surface area (Å²) in [4.78, 5) is 4.34. The van der Waals surface area contributed by atoms with E-state index in [0.717, 1.165) is 31.4 Å². The molecule has 0 amide bonds. The molecule has 2 heterocycles. The van der Waals surface area contributed by atoms with Crippen molar-refractivity contribution in [2.24, 2.45) is 11.8 Å². The first-order chi connectivity index (χ1) is 8.75. The minimum atomic E-state index is 0.612. The van der Waals surface area contributed by atoms with Crippen molar-refractivity contribution in [3.63, 3.8) is 0 Å². The third-order valence-corrected chi connectivity index (χ3v) is 4.34. The van der Waals surface area contributed by atoms with E-state index in [9.17, 15) is 0 Å². The number of hydrogen-bond donors (Lipinski definition) is 1. The fraction of sp³-hybridized carbons (Fsp3) is 0.846. The van der Waals surface area contributed by atoms with E-state index in [1.807, 2.05) is 4.68 Å². The Hall–Kier alpha value is -0.550. The zero-order chi connectivity index (χ0) is 12.8. The summed E-state index contributed by atoms with van der Waals surface area (Å²) in [6.07, 6.45) is 4.38. The van der Waals surface area contributed by atoms with Crippen LogP contribution >= 0.6 is 11.8 Å². The molecule has 1 saturated heterocycles. The number of aromatic nitrogens is 3. The highest BCUT2D eigenvalue weighted by Crippen LogP contribution is 2.21. The molecule has 1 aliphatic rings. The molecule has 0 saturated carbocycles. The van der Waals surface area contributed by atoms with Crippen LogP contribution in [0.2, 0.25) is 0 Å². The van der Waals surface area contributed by atoms with E-state index in [2.05, 4.69) is 41.0 Å². The van der Waals surface area contributed by atoms with Crippen LogP contribution in [0.15, 0.2) is 6.33 Å². The van der Waals surface area contributed by atoms with Crippen molar-refractivity contribution in [2.45, 2.75) is 39.8 Å². The molecule has 18 heavy (non-hydrogen) atoms. The predicted molar refractivity (Wildman–Crippen MR) is 76.6 cm³/mol. The van der Waals surface area contributed by atoms with Crippen molar-refractivity contribution in [3.05, 3.63) is 12.2 Å². The van der Waals surface area contributed by atoms with Crippen molar-refractivity contribution < 1.29 is 0 Å². The normalized spacial score (nSPS) is 17.5. The molecule has 0 unspecified atom stereocenters. The third kappa shape index (κ3) is 4.28. The topological polar surface area (TPSA) is 42.7 Å². The Bertz CT molecular complexity index is 345. The first-order valence-corrected chi connectivity index (χ1v) is 8.06. The zero-order valence-electron chi connectivity index (χ0n) is 11.4. The summed E-state index contributed by atoms with van der Waals surface area (Å²) < 4.78 is 2.02. The molecule has 2 rings (SSSR count). The highest BCUT2D eigenvalue weighted by atomic mass is 32.2. The lowest BCUT2D eigenvalue weighted by Crippen LogP contribution is -2.27. The lowest BCUT2D eigenvalue weighted by Gasteiger charge is -2.21. The molecule has 5 heteroatoms. The minimum absolute atomic E-state index is 0.612. The summed E-state index contributed by atoms with van der Waals surface area (Å²) in [6, 6.07) is 0. The van der Waals surface area contributed by atoms with E-state index in [1.165, 1.54) is 24.3 Å². The number of rotatable bonds is 6. The Morgan fingerprint density at radius 2 is 2.22 bits per heavy atom. The van der Waals surface area contributed by atoms with Gasteiger partial charge < -0.3 is 5.32 Å². The van der Waals surface area contributed by atoms with Crippen molar-refractivity contribution in [1.29, 1.82) is 0 Å². The number of nitrogens with one attached hydrogen (secondary N) is 1. The second kappa shape index (κ2) is 7.14. The lowest BCUT2D eigenvalue weighted by molar-refractivity contribution is 0.424. The molecule has 102 valence electrons. The van der Waals surface area contributed by atoms with Gasteiger partial charge in [-0.15, -0.1) is 0 Å². The van der Waals surface area contributed by atoms with Gasteiger partial charge in [-0.25, -0.2) is 9.67 Å². The molecule has 0 radical (unpaired) electrons. The first kappa shape index (κ1) is 13.9. The molecule has 0 bridgehead atoms. The van der Waals surface area contributed by atoms with Gasteiger partial charge in [-0.1, -0.05) is 13.8 Å². The molecule has 0 aromatic carbocycles. The van der Waals surface area contributed by atoms with Gasteiger partial charge in [0.15, 0.2) is 0 Å². The summed E-state index contributed by atoms with van der Waals surface area (Å²) in [7, 11) is 0. The van der Waals surface area contributed by atoms with Crippen LogP contribution in [0, 0.1) is 11.8 Å². The van der Waals surface area contributed by atoms with Crippen molar-refractivity contribution in [1.82, 2.24) is 20.1 Å². The van der Waals surface area contributed by atoms with Gasteiger partial charge in [0, 0.05) is 6.54 Å². The molecule has 0 aliphatic carbocycles. The molecule has 1 N–H and O–H groups in total. The van der Waals surface area contributed by atoms with E-state index in [4.69, 9.17) is 0 Å². The van der Waals surface area contributed by atoms with Crippen LogP contribution in [-0.2, 0) is 13.1 Å². The average Bonchev–Trinajstić information content (AvgIpc) is 2.77. The summed E-state index contributed by atoms with van der Waals surface area (Å²) in [5.74, 6) is 5.19. The molecule has 1 aromatic heterocycles. The zero-order valence-corrected chi connectivity index (χ0v) is 12.2. The van der Waals surface area contributed by atoms with Crippen molar-refractivity contribution >= 4 is 11.8 Å². The maximum atomic E-state index is 4.34. The fourth-order valence-electron chi connectivity index (χ4n) is 2.26. The van der Waals surface area contributed by atoms with Gasteiger partial charge in [-0.2, -0.15) is 16.9 Å². The maximum absolute atomic E-state index is 4.34. The molecule has 1 aromatic rings. The van der Waals surface area contributed by atoms with Crippen LogP contribution in [0.5, 0.6) is 0 Å². The van der Waals surface area contributed by atoms with E-state index < -0.39 is 0 Å². The second-order valence-corrected chi connectivity index (χ2v) is 6.66. The Kier molecular flexibility index (Phi) is 5.50. The van der Waals surface area contributed by atoms with Crippen LogP contribution in [0.25, 0.3) is 0 Å². The molecule has 1 aliphatic heterocycles. The number of nitrogens with zero attached hydrogens (tertiary/aromatic N) is 3. The van der Waals surface area contributed by atoms with Crippen LogP contribution < -0.4 is 5.32 Å². The smallest absolute Gasteiger partial charge is 0.140 e. The van der Waals surface area contributed by atoms with Gasteiger partial charge >= 0.3 is 0 Å². The lowest BCUT2D eigenvalue weighted by atomic mass is 10.0. The quantitative estimate of drug-likeness (QED) is 0.858. The summed E-state index contributed by atoms with van der Waals surface area (Å²) in [5.41, 5.74) is 0. The van der Waals surface area contributed by atoms with Gasteiger partial charge in [0.05, 0.1) is 6.54 Å². The molecule has 0 spiro atoms.